The lowest BCUT2D eigenvalue weighted by Gasteiger charge is -2.39. The standard InChI is InChI=1S/C18H16FN3O4/c1-12-17(23)21(15-5-7-16(8-6-15)22(25)26)10-9-20(12)18(24)13-3-2-4-14(19)11-13/h2-8,11-12H,9-10H2,1H3. The molecule has 0 aliphatic carbocycles. The highest BCUT2D eigenvalue weighted by atomic mass is 19.1. The Hall–Kier alpha value is -3.29. The van der Waals surface area contributed by atoms with Crippen molar-refractivity contribution < 1.29 is 18.9 Å². The highest BCUT2D eigenvalue weighted by Gasteiger charge is 2.35. The van der Waals surface area contributed by atoms with Gasteiger partial charge in [-0.1, -0.05) is 6.07 Å². The minimum Gasteiger partial charge on any atom is -0.325 e. The summed E-state index contributed by atoms with van der Waals surface area (Å²) < 4.78 is 13.3. The van der Waals surface area contributed by atoms with E-state index in [-0.39, 0.29) is 30.2 Å². The number of hydrogen-bond donors (Lipinski definition) is 0. The lowest BCUT2D eigenvalue weighted by Crippen LogP contribution is -2.57. The summed E-state index contributed by atoms with van der Waals surface area (Å²) in [6.45, 7) is 2.14. The Morgan fingerprint density at radius 2 is 1.88 bits per heavy atom. The zero-order chi connectivity index (χ0) is 18.8. The van der Waals surface area contributed by atoms with Crippen LogP contribution in [0.25, 0.3) is 0 Å². The van der Waals surface area contributed by atoms with E-state index in [9.17, 15) is 24.1 Å². The van der Waals surface area contributed by atoms with Crippen molar-refractivity contribution >= 4 is 23.2 Å². The van der Waals surface area contributed by atoms with E-state index in [1.54, 1.807) is 6.92 Å². The number of nitrogens with zero attached hydrogens (tertiary/aromatic N) is 3. The molecule has 2 amide bonds. The molecule has 1 aliphatic heterocycles. The van der Waals surface area contributed by atoms with Crippen LogP contribution in [0.2, 0.25) is 0 Å². The normalized spacial score (nSPS) is 17.3. The van der Waals surface area contributed by atoms with E-state index in [1.807, 2.05) is 0 Å². The third-order valence-electron chi connectivity index (χ3n) is 4.36. The molecule has 8 heteroatoms. The fraction of sp³-hybridized carbons (Fsp3) is 0.222. The van der Waals surface area contributed by atoms with Crippen LogP contribution in [0.1, 0.15) is 17.3 Å². The van der Waals surface area contributed by atoms with Gasteiger partial charge in [-0.3, -0.25) is 19.7 Å². The van der Waals surface area contributed by atoms with Crippen molar-refractivity contribution in [3.05, 3.63) is 70.0 Å². The lowest BCUT2D eigenvalue weighted by molar-refractivity contribution is -0.384. The number of halogens is 1. The molecule has 1 atom stereocenters. The fourth-order valence-corrected chi connectivity index (χ4v) is 2.95. The average Bonchev–Trinajstić information content (AvgIpc) is 2.63. The van der Waals surface area contributed by atoms with E-state index in [4.69, 9.17) is 0 Å². The van der Waals surface area contributed by atoms with Crippen LogP contribution < -0.4 is 4.90 Å². The maximum Gasteiger partial charge on any atom is 0.269 e. The summed E-state index contributed by atoms with van der Waals surface area (Å²) in [6.07, 6.45) is 0. The van der Waals surface area contributed by atoms with Crippen molar-refractivity contribution in [2.24, 2.45) is 0 Å². The summed E-state index contributed by atoms with van der Waals surface area (Å²) in [7, 11) is 0. The highest BCUT2D eigenvalue weighted by molar-refractivity contribution is 6.03. The number of anilines is 1. The van der Waals surface area contributed by atoms with Crippen LogP contribution in [0.3, 0.4) is 0 Å². The first-order valence-electron chi connectivity index (χ1n) is 8.01. The molecule has 0 spiro atoms. The average molecular weight is 357 g/mol. The lowest BCUT2D eigenvalue weighted by atomic mass is 10.1. The van der Waals surface area contributed by atoms with E-state index < -0.39 is 22.7 Å². The number of piperazine rings is 1. The van der Waals surface area contributed by atoms with Crippen molar-refractivity contribution in [2.45, 2.75) is 13.0 Å². The first kappa shape index (κ1) is 17.5. The second kappa shape index (κ2) is 6.91. The molecule has 0 aromatic heterocycles. The van der Waals surface area contributed by atoms with Gasteiger partial charge in [-0.05, 0) is 37.3 Å². The molecule has 26 heavy (non-hydrogen) atoms. The molecule has 7 nitrogen and oxygen atoms in total. The number of carbonyl (C=O) groups excluding carboxylic acids is 2. The van der Waals surface area contributed by atoms with E-state index in [0.717, 1.165) is 6.07 Å². The van der Waals surface area contributed by atoms with Gasteiger partial charge in [0, 0.05) is 36.5 Å². The van der Waals surface area contributed by atoms with E-state index >= 15 is 0 Å². The molecule has 1 heterocycles. The molecule has 0 radical (unpaired) electrons. The predicted octanol–water partition coefficient (Wildman–Crippen LogP) is 2.61. The van der Waals surface area contributed by atoms with Crippen molar-refractivity contribution in [1.29, 1.82) is 0 Å². The van der Waals surface area contributed by atoms with Crippen molar-refractivity contribution in [1.82, 2.24) is 4.90 Å². The maximum absolute atomic E-state index is 13.3. The Morgan fingerprint density at radius 3 is 2.50 bits per heavy atom. The Balaban J connectivity index is 1.78. The van der Waals surface area contributed by atoms with Crippen molar-refractivity contribution in [2.75, 3.05) is 18.0 Å². The summed E-state index contributed by atoms with van der Waals surface area (Å²) in [5, 5.41) is 10.7. The minimum atomic E-state index is -0.727. The molecule has 2 aromatic rings. The predicted molar refractivity (Wildman–Crippen MR) is 92.3 cm³/mol. The maximum atomic E-state index is 13.3. The van der Waals surface area contributed by atoms with Crippen molar-refractivity contribution in [3.8, 4) is 0 Å². The van der Waals surface area contributed by atoms with Crippen molar-refractivity contribution in [3.63, 3.8) is 0 Å². The number of benzene rings is 2. The summed E-state index contributed by atoms with van der Waals surface area (Å²) in [4.78, 5) is 38.4. The highest BCUT2D eigenvalue weighted by Crippen LogP contribution is 2.24. The molecular weight excluding hydrogens is 341 g/mol. The molecule has 0 saturated carbocycles. The molecule has 3 rings (SSSR count). The number of rotatable bonds is 3. The Labute approximate surface area is 148 Å². The number of nitro benzene ring substituents is 1. The zero-order valence-corrected chi connectivity index (χ0v) is 14.0. The van der Waals surface area contributed by atoms with Gasteiger partial charge in [0.1, 0.15) is 11.9 Å². The molecular formula is C18H16FN3O4. The Bertz CT molecular complexity index is 869. The van der Waals surface area contributed by atoms with Gasteiger partial charge in [0.2, 0.25) is 5.91 Å². The van der Waals surface area contributed by atoms with Gasteiger partial charge in [0.05, 0.1) is 4.92 Å². The van der Waals surface area contributed by atoms with Crippen LogP contribution in [-0.2, 0) is 4.79 Å². The fourth-order valence-electron chi connectivity index (χ4n) is 2.95. The van der Waals surface area contributed by atoms with E-state index in [1.165, 1.54) is 52.3 Å². The third kappa shape index (κ3) is 3.26. The summed E-state index contributed by atoms with van der Waals surface area (Å²) >= 11 is 0. The quantitative estimate of drug-likeness (QED) is 0.624. The van der Waals surface area contributed by atoms with Crippen LogP contribution in [0.15, 0.2) is 48.5 Å². The van der Waals surface area contributed by atoms with Crippen LogP contribution in [0.5, 0.6) is 0 Å². The number of non-ortho nitro benzene ring substituents is 1. The second-order valence-electron chi connectivity index (χ2n) is 5.95. The van der Waals surface area contributed by atoms with E-state index in [0.29, 0.717) is 5.69 Å². The van der Waals surface area contributed by atoms with Gasteiger partial charge < -0.3 is 9.80 Å². The molecule has 134 valence electrons. The topological polar surface area (TPSA) is 83.8 Å². The smallest absolute Gasteiger partial charge is 0.269 e. The monoisotopic (exact) mass is 357 g/mol. The number of hydrogen-bond acceptors (Lipinski definition) is 4. The summed E-state index contributed by atoms with van der Waals surface area (Å²) in [5.41, 5.74) is 0.660. The number of carbonyl (C=O) groups is 2. The van der Waals surface area contributed by atoms with Gasteiger partial charge in [-0.15, -0.1) is 0 Å². The Kier molecular flexibility index (Phi) is 4.66. The van der Waals surface area contributed by atoms with Gasteiger partial charge >= 0.3 is 0 Å². The van der Waals surface area contributed by atoms with Crippen LogP contribution in [-0.4, -0.2) is 40.8 Å². The summed E-state index contributed by atoms with van der Waals surface area (Å²) in [6, 6.07) is 10.3. The van der Waals surface area contributed by atoms with Crippen LogP contribution >= 0.6 is 0 Å². The number of amides is 2. The molecule has 1 saturated heterocycles. The first-order chi connectivity index (χ1) is 12.4. The first-order valence-corrected chi connectivity index (χ1v) is 8.01. The van der Waals surface area contributed by atoms with Gasteiger partial charge in [-0.2, -0.15) is 0 Å². The van der Waals surface area contributed by atoms with Crippen LogP contribution in [0, 0.1) is 15.9 Å². The molecule has 1 aliphatic rings. The van der Waals surface area contributed by atoms with Gasteiger partial charge in [0.15, 0.2) is 0 Å². The zero-order valence-electron chi connectivity index (χ0n) is 14.0. The van der Waals surface area contributed by atoms with Gasteiger partial charge in [0.25, 0.3) is 11.6 Å². The molecule has 1 fully saturated rings. The minimum absolute atomic E-state index is 0.0610. The summed E-state index contributed by atoms with van der Waals surface area (Å²) in [5.74, 6) is -1.22. The molecule has 0 N–H and O–H groups in total. The number of nitro groups is 1. The molecule has 0 bridgehead atoms. The van der Waals surface area contributed by atoms with Gasteiger partial charge in [-0.25, -0.2) is 4.39 Å². The Morgan fingerprint density at radius 1 is 1.19 bits per heavy atom. The largest absolute Gasteiger partial charge is 0.325 e. The SMILES string of the molecule is CC1C(=O)N(c2ccc([N+](=O)[O-])cc2)CCN1C(=O)c1cccc(F)c1. The molecule has 1 unspecified atom stereocenters. The molecule has 2 aromatic carbocycles. The van der Waals surface area contributed by atoms with E-state index in [2.05, 4.69) is 0 Å². The second-order valence-corrected chi connectivity index (χ2v) is 5.95. The third-order valence-corrected chi connectivity index (χ3v) is 4.36. The van der Waals surface area contributed by atoms with Crippen LogP contribution in [0.4, 0.5) is 15.8 Å².